The number of carbonyl (C=O) groups excluding carboxylic acids is 1. The van der Waals surface area contributed by atoms with Crippen LogP contribution in [0.25, 0.3) is 0 Å². The fourth-order valence-corrected chi connectivity index (χ4v) is 1.50. The zero-order valence-electron chi connectivity index (χ0n) is 9.16. The number of rotatable bonds is 3. The lowest BCUT2D eigenvalue weighted by Gasteiger charge is -2.02. The van der Waals surface area contributed by atoms with Gasteiger partial charge in [-0.2, -0.15) is 0 Å². The van der Waals surface area contributed by atoms with E-state index in [1.54, 1.807) is 6.20 Å². The van der Waals surface area contributed by atoms with Crippen molar-refractivity contribution in [1.82, 2.24) is 4.98 Å². The Morgan fingerprint density at radius 2 is 2.06 bits per heavy atom. The minimum atomic E-state index is -0.0813. The van der Waals surface area contributed by atoms with Crippen molar-refractivity contribution in [3.05, 3.63) is 53.9 Å². The molecule has 0 saturated carbocycles. The molecule has 0 aliphatic heterocycles. The first kappa shape index (κ1) is 10.5. The van der Waals surface area contributed by atoms with E-state index in [0.717, 1.165) is 17.8 Å². The highest BCUT2D eigenvalue weighted by atomic mass is 16.1. The van der Waals surface area contributed by atoms with E-state index in [2.05, 4.69) is 10.3 Å². The number of benzene rings is 1. The molecule has 1 heterocycles. The molecule has 0 atom stereocenters. The van der Waals surface area contributed by atoms with Crippen molar-refractivity contribution in [2.24, 2.45) is 0 Å². The van der Waals surface area contributed by atoms with Crippen LogP contribution in [0.5, 0.6) is 0 Å². The van der Waals surface area contributed by atoms with Crippen LogP contribution in [0.15, 0.2) is 42.6 Å². The Balaban J connectivity index is 2.09. The van der Waals surface area contributed by atoms with Crippen LogP contribution in [0.1, 0.15) is 23.0 Å². The first-order valence-electron chi connectivity index (χ1n) is 5.33. The number of hydrogen-bond donors (Lipinski definition) is 2. The minimum absolute atomic E-state index is 0.0813. The zero-order chi connectivity index (χ0) is 11.4. The number of aromatic nitrogens is 1. The van der Waals surface area contributed by atoms with Gasteiger partial charge in [0, 0.05) is 17.6 Å². The number of para-hydroxylation sites is 1. The number of carbonyl (C=O) groups is 1. The molecule has 16 heavy (non-hydrogen) atoms. The van der Waals surface area contributed by atoms with E-state index in [-0.39, 0.29) is 5.91 Å². The Bertz CT molecular complexity index is 474. The van der Waals surface area contributed by atoms with E-state index in [9.17, 15) is 4.79 Å². The quantitative estimate of drug-likeness (QED) is 0.810. The van der Waals surface area contributed by atoms with Crippen LogP contribution in [0.4, 0.5) is 5.69 Å². The van der Waals surface area contributed by atoms with Gasteiger partial charge in [-0.25, -0.2) is 0 Å². The third-order valence-corrected chi connectivity index (χ3v) is 2.42. The predicted molar refractivity (Wildman–Crippen MR) is 64.6 cm³/mol. The molecule has 3 heteroatoms. The third kappa shape index (κ3) is 2.31. The van der Waals surface area contributed by atoms with Crippen LogP contribution in [-0.4, -0.2) is 10.9 Å². The summed E-state index contributed by atoms with van der Waals surface area (Å²) < 4.78 is 0. The van der Waals surface area contributed by atoms with E-state index in [1.807, 2.05) is 43.3 Å². The fourth-order valence-electron chi connectivity index (χ4n) is 1.50. The molecule has 2 aromatic rings. The Labute approximate surface area is 94.5 Å². The highest BCUT2D eigenvalue weighted by molar-refractivity contribution is 6.04. The Morgan fingerprint density at radius 1 is 1.31 bits per heavy atom. The van der Waals surface area contributed by atoms with E-state index in [1.165, 1.54) is 0 Å². The SMILES string of the molecule is CCc1cc(C(=O)Nc2ccccc2)c[nH]1. The highest BCUT2D eigenvalue weighted by Crippen LogP contribution is 2.09. The van der Waals surface area contributed by atoms with Gasteiger partial charge in [0.2, 0.25) is 0 Å². The molecular formula is C13H14N2O. The Morgan fingerprint density at radius 3 is 2.69 bits per heavy atom. The number of aromatic amines is 1. The topological polar surface area (TPSA) is 44.9 Å². The summed E-state index contributed by atoms with van der Waals surface area (Å²) in [7, 11) is 0. The van der Waals surface area contributed by atoms with Crippen molar-refractivity contribution in [1.29, 1.82) is 0 Å². The fraction of sp³-hybridized carbons (Fsp3) is 0.154. The third-order valence-electron chi connectivity index (χ3n) is 2.42. The lowest BCUT2D eigenvalue weighted by molar-refractivity contribution is 0.102. The van der Waals surface area contributed by atoms with Crippen molar-refractivity contribution in [2.45, 2.75) is 13.3 Å². The van der Waals surface area contributed by atoms with E-state index in [0.29, 0.717) is 5.56 Å². The van der Waals surface area contributed by atoms with Crippen molar-refractivity contribution < 1.29 is 4.79 Å². The van der Waals surface area contributed by atoms with Crippen LogP contribution >= 0.6 is 0 Å². The number of nitrogens with one attached hydrogen (secondary N) is 2. The van der Waals surface area contributed by atoms with E-state index < -0.39 is 0 Å². The van der Waals surface area contributed by atoms with Gasteiger partial charge in [0.05, 0.1) is 5.56 Å². The summed E-state index contributed by atoms with van der Waals surface area (Å²) in [5.74, 6) is -0.0813. The summed E-state index contributed by atoms with van der Waals surface area (Å²) >= 11 is 0. The first-order valence-corrected chi connectivity index (χ1v) is 5.33. The smallest absolute Gasteiger partial charge is 0.257 e. The van der Waals surface area contributed by atoms with Crippen LogP contribution in [0.2, 0.25) is 0 Å². The Kier molecular flexibility index (Phi) is 3.05. The summed E-state index contributed by atoms with van der Waals surface area (Å²) in [5, 5.41) is 2.84. The zero-order valence-corrected chi connectivity index (χ0v) is 9.16. The van der Waals surface area contributed by atoms with Gasteiger partial charge < -0.3 is 10.3 Å². The van der Waals surface area contributed by atoms with Gasteiger partial charge in [0.1, 0.15) is 0 Å². The van der Waals surface area contributed by atoms with Crippen LogP contribution in [0.3, 0.4) is 0 Å². The van der Waals surface area contributed by atoms with Crippen LogP contribution in [0, 0.1) is 0 Å². The summed E-state index contributed by atoms with van der Waals surface area (Å²) in [5.41, 5.74) is 2.55. The summed E-state index contributed by atoms with van der Waals surface area (Å²) in [4.78, 5) is 14.9. The molecule has 1 amide bonds. The van der Waals surface area contributed by atoms with Gasteiger partial charge in [-0.1, -0.05) is 25.1 Å². The van der Waals surface area contributed by atoms with Crippen LogP contribution in [-0.2, 0) is 6.42 Å². The second kappa shape index (κ2) is 4.66. The minimum Gasteiger partial charge on any atom is -0.364 e. The van der Waals surface area contributed by atoms with Gasteiger partial charge in [-0.3, -0.25) is 4.79 Å². The van der Waals surface area contributed by atoms with Gasteiger partial charge in [0.15, 0.2) is 0 Å². The summed E-state index contributed by atoms with van der Waals surface area (Å²) in [6, 6.07) is 11.3. The summed E-state index contributed by atoms with van der Waals surface area (Å²) in [6.45, 7) is 2.05. The van der Waals surface area contributed by atoms with Gasteiger partial charge in [-0.15, -0.1) is 0 Å². The molecule has 0 aliphatic carbocycles. The largest absolute Gasteiger partial charge is 0.364 e. The average molecular weight is 214 g/mol. The maximum absolute atomic E-state index is 11.8. The monoisotopic (exact) mass is 214 g/mol. The number of hydrogen-bond acceptors (Lipinski definition) is 1. The second-order valence-corrected chi connectivity index (χ2v) is 3.59. The molecule has 1 aromatic heterocycles. The predicted octanol–water partition coefficient (Wildman–Crippen LogP) is 2.83. The number of amides is 1. The number of H-pyrrole nitrogens is 1. The van der Waals surface area contributed by atoms with E-state index >= 15 is 0 Å². The maximum Gasteiger partial charge on any atom is 0.257 e. The molecule has 82 valence electrons. The first-order chi connectivity index (χ1) is 7.79. The Hall–Kier alpha value is -2.03. The van der Waals surface area contributed by atoms with Gasteiger partial charge in [-0.05, 0) is 24.6 Å². The molecule has 3 nitrogen and oxygen atoms in total. The summed E-state index contributed by atoms with van der Waals surface area (Å²) in [6.07, 6.45) is 2.63. The van der Waals surface area contributed by atoms with Crippen molar-refractivity contribution in [2.75, 3.05) is 5.32 Å². The molecule has 0 radical (unpaired) electrons. The van der Waals surface area contributed by atoms with E-state index in [4.69, 9.17) is 0 Å². The lowest BCUT2D eigenvalue weighted by atomic mass is 10.2. The standard InChI is InChI=1S/C13H14N2O/c1-2-11-8-10(9-14-11)13(16)15-12-6-4-3-5-7-12/h3-9,14H,2H2,1H3,(H,15,16). The normalized spacial score (nSPS) is 10.1. The molecule has 0 fully saturated rings. The average Bonchev–Trinajstić information content (AvgIpc) is 2.79. The lowest BCUT2D eigenvalue weighted by Crippen LogP contribution is -2.10. The van der Waals surface area contributed by atoms with Crippen molar-refractivity contribution >= 4 is 11.6 Å². The van der Waals surface area contributed by atoms with Crippen molar-refractivity contribution in [3.8, 4) is 0 Å². The molecule has 2 rings (SSSR count). The molecular weight excluding hydrogens is 200 g/mol. The number of aryl methyl sites for hydroxylation is 1. The second-order valence-electron chi connectivity index (χ2n) is 3.59. The molecule has 0 saturated heterocycles. The molecule has 1 aromatic carbocycles. The maximum atomic E-state index is 11.8. The molecule has 0 spiro atoms. The highest BCUT2D eigenvalue weighted by Gasteiger charge is 2.07. The van der Waals surface area contributed by atoms with Gasteiger partial charge >= 0.3 is 0 Å². The molecule has 2 N–H and O–H groups in total. The van der Waals surface area contributed by atoms with Crippen molar-refractivity contribution in [3.63, 3.8) is 0 Å². The molecule has 0 aliphatic rings. The molecule has 0 bridgehead atoms. The molecule has 0 unspecified atom stereocenters. The van der Waals surface area contributed by atoms with Crippen LogP contribution < -0.4 is 5.32 Å². The van der Waals surface area contributed by atoms with Gasteiger partial charge in [0.25, 0.3) is 5.91 Å². The number of anilines is 1.